The van der Waals surface area contributed by atoms with Gasteiger partial charge in [-0.3, -0.25) is 4.99 Å². The summed E-state index contributed by atoms with van der Waals surface area (Å²) in [7, 11) is 1.72. The number of hydrogen-bond acceptors (Lipinski definition) is 2. The molecule has 0 spiro atoms. The number of rotatable bonds is 2. The van der Waals surface area contributed by atoms with Crippen LogP contribution < -0.4 is 5.73 Å². The molecule has 0 saturated heterocycles. The van der Waals surface area contributed by atoms with E-state index < -0.39 is 0 Å². The van der Waals surface area contributed by atoms with Crippen LogP contribution in [-0.2, 0) is 0 Å². The zero-order chi connectivity index (χ0) is 9.68. The molecule has 0 aromatic heterocycles. The molecule has 0 heterocycles. The second kappa shape index (κ2) is 4.45. The molecular weight excluding hydrogens is 160 g/mol. The number of aliphatic imine (C=N–C) groups is 1. The van der Waals surface area contributed by atoms with Crippen molar-refractivity contribution >= 4 is 11.9 Å². The summed E-state index contributed by atoms with van der Waals surface area (Å²) in [5, 5.41) is 0. The Balaban J connectivity index is 2.94. The Kier molecular flexibility index (Phi) is 3.26. The molecule has 2 heteroatoms. The maximum absolute atomic E-state index is 5.82. The molecule has 1 aromatic rings. The SMILES string of the molecule is CN=C/C=C(\N)c1cccc(C)c1. The van der Waals surface area contributed by atoms with Crippen LogP contribution in [-0.4, -0.2) is 13.3 Å². The molecule has 2 N–H and O–H groups in total. The third kappa shape index (κ3) is 2.75. The molecule has 0 saturated carbocycles. The summed E-state index contributed by atoms with van der Waals surface area (Å²) in [5.41, 5.74) is 8.82. The standard InChI is InChI=1S/C11H14N2/c1-9-4-3-5-10(8-9)11(12)6-7-13-2/h3-8H,12H2,1-2H3/b11-6-,13-7?. The Morgan fingerprint density at radius 3 is 2.85 bits per heavy atom. The quantitative estimate of drug-likeness (QED) is 0.684. The summed E-state index contributed by atoms with van der Waals surface area (Å²) in [6.45, 7) is 2.05. The zero-order valence-corrected chi connectivity index (χ0v) is 7.99. The van der Waals surface area contributed by atoms with Gasteiger partial charge in [0.1, 0.15) is 0 Å². The normalized spacial score (nSPS) is 12.3. The Labute approximate surface area is 78.8 Å². The van der Waals surface area contributed by atoms with Crippen molar-refractivity contribution in [3.63, 3.8) is 0 Å². The molecule has 0 aliphatic heterocycles. The summed E-state index contributed by atoms with van der Waals surface area (Å²) in [4.78, 5) is 3.84. The topological polar surface area (TPSA) is 38.4 Å². The Morgan fingerprint density at radius 1 is 1.46 bits per heavy atom. The van der Waals surface area contributed by atoms with E-state index in [1.165, 1.54) is 5.56 Å². The second-order valence-corrected chi connectivity index (χ2v) is 2.90. The summed E-state index contributed by atoms with van der Waals surface area (Å²) >= 11 is 0. The first kappa shape index (κ1) is 9.52. The van der Waals surface area contributed by atoms with Gasteiger partial charge in [-0.1, -0.05) is 23.8 Å². The average molecular weight is 174 g/mol. The van der Waals surface area contributed by atoms with Crippen LogP contribution in [0.5, 0.6) is 0 Å². The lowest BCUT2D eigenvalue weighted by Crippen LogP contribution is -1.96. The van der Waals surface area contributed by atoms with Crippen molar-refractivity contribution in [2.45, 2.75) is 6.92 Å². The minimum Gasteiger partial charge on any atom is -0.398 e. The molecule has 0 fully saturated rings. The van der Waals surface area contributed by atoms with Crippen LogP contribution in [0.15, 0.2) is 35.3 Å². The zero-order valence-electron chi connectivity index (χ0n) is 7.99. The van der Waals surface area contributed by atoms with Crippen molar-refractivity contribution in [3.8, 4) is 0 Å². The van der Waals surface area contributed by atoms with Crippen molar-refractivity contribution in [2.24, 2.45) is 10.7 Å². The van der Waals surface area contributed by atoms with Crippen LogP contribution in [0.1, 0.15) is 11.1 Å². The fraction of sp³-hybridized carbons (Fsp3) is 0.182. The Bertz CT molecular complexity index is 338. The first-order chi connectivity index (χ1) is 6.24. The van der Waals surface area contributed by atoms with E-state index in [-0.39, 0.29) is 0 Å². The van der Waals surface area contributed by atoms with Gasteiger partial charge < -0.3 is 5.73 Å². The largest absolute Gasteiger partial charge is 0.398 e. The highest BCUT2D eigenvalue weighted by Gasteiger charge is 1.94. The summed E-state index contributed by atoms with van der Waals surface area (Å²) in [5.74, 6) is 0. The van der Waals surface area contributed by atoms with E-state index in [4.69, 9.17) is 5.73 Å². The highest BCUT2D eigenvalue weighted by molar-refractivity contribution is 5.83. The van der Waals surface area contributed by atoms with Crippen molar-refractivity contribution in [1.29, 1.82) is 0 Å². The Hall–Kier alpha value is -1.57. The van der Waals surface area contributed by atoms with Crippen molar-refractivity contribution in [2.75, 3.05) is 7.05 Å². The van der Waals surface area contributed by atoms with Gasteiger partial charge in [0.2, 0.25) is 0 Å². The molecule has 2 nitrogen and oxygen atoms in total. The highest BCUT2D eigenvalue weighted by atomic mass is 14.6. The van der Waals surface area contributed by atoms with Gasteiger partial charge >= 0.3 is 0 Å². The first-order valence-electron chi connectivity index (χ1n) is 4.19. The lowest BCUT2D eigenvalue weighted by Gasteiger charge is -2.00. The van der Waals surface area contributed by atoms with E-state index in [0.29, 0.717) is 0 Å². The molecule has 13 heavy (non-hydrogen) atoms. The number of benzene rings is 1. The van der Waals surface area contributed by atoms with Gasteiger partial charge in [-0.25, -0.2) is 0 Å². The van der Waals surface area contributed by atoms with E-state index in [1.807, 2.05) is 25.1 Å². The van der Waals surface area contributed by atoms with Crippen LogP contribution in [0, 0.1) is 6.92 Å². The predicted molar refractivity (Wildman–Crippen MR) is 57.8 cm³/mol. The van der Waals surface area contributed by atoms with Gasteiger partial charge in [-0.05, 0) is 24.6 Å². The minimum atomic E-state index is 0.745. The van der Waals surface area contributed by atoms with Crippen molar-refractivity contribution in [1.82, 2.24) is 0 Å². The molecule has 0 radical (unpaired) electrons. The van der Waals surface area contributed by atoms with E-state index in [9.17, 15) is 0 Å². The van der Waals surface area contributed by atoms with Gasteiger partial charge in [0.25, 0.3) is 0 Å². The lowest BCUT2D eigenvalue weighted by molar-refractivity contribution is 1.42. The van der Waals surface area contributed by atoms with Gasteiger partial charge in [0.05, 0.1) is 0 Å². The lowest BCUT2D eigenvalue weighted by atomic mass is 10.1. The molecule has 0 bridgehead atoms. The average Bonchev–Trinajstić information content (AvgIpc) is 2.14. The highest BCUT2D eigenvalue weighted by Crippen LogP contribution is 2.09. The van der Waals surface area contributed by atoms with Crippen LogP contribution >= 0.6 is 0 Å². The molecule has 1 rings (SSSR count). The third-order valence-corrected chi connectivity index (χ3v) is 1.75. The van der Waals surface area contributed by atoms with Crippen LogP contribution in [0.3, 0.4) is 0 Å². The number of nitrogens with two attached hydrogens (primary N) is 1. The molecule has 0 aliphatic carbocycles. The summed E-state index contributed by atoms with van der Waals surface area (Å²) in [6.07, 6.45) is 3.49. The number of nitrogens with zero attached hydrogens (tertiary/aromatic N) is 1. The summed E-state index contributed by atoms with van der Waals surface area (Å²) in [6, 6.07) is 8.08. The maximum Gasteiger partial charge on any atom is 0.0403 e. The van der Waals surface area contributed by atoms with Gasteiger partial charge in [-0.15, -0.1) is 0 Å². The van der Waals surface area contributed by atoms with Crippen LogP contribution in [0.25, 0.3) is 5.70 Å². The molecule has 0 atom stereocenters. The Morgan fingerprint density at radius 2 is 2.23 bits per heavy atom. The van der Waals surface area contributed by atoms with Gasteiger partial charge in [-0.2, -0.15) is 0 Å². The molecule has 0 aliphatic rings. The molecular formula is C11H14N2. The second-order valence-electron chi connectivity index (χ2n) is 2.90. The van der Waals surface area contributed by atoms with E-state index >= 15 is 0 Å². The van der Waals surface area contributed by atoms with E-state index in [2.05, 4.69) is 11.1 Å². The summed E-state index contributed by atoms with van der Waals surface area (Å²) < 4.78 is 0. The molecule has 1 aromatic carbocycles. The minimum absolute atomic E-state index is 0.745. The smallest absolute Gasteiger partial charge is 0.0403 e. The first-order valence-corrected chi connectivity index (χ1v) is 4.19. The van der Waals surface area contributed by atoms with E-state index in [1.54, 1.807) is 19.3 Å². The van der Waals surface area contributed by atoms with Gasteiger partial charge in [0, 0.05) is 19.0 Å². The predicted octanol–water partition coefficient (Wildman–Crippen LogP) is 2.00. The van der Waals surface area contributed by atoms with E-state index in [0.717, 1.165) is 11.3 Å². The number of allylic oxidation sites excluding steroid dienone is 1. The maximum atomic E-state index is 5.82. The number of hydrogen-bond donors (Lipinski definition) is 1. The van der Waals surface area contributed by atoms with Crippen molar-refractivity contribution < 1.29 is 0 Å². The monoisotopic (exact) mass is 174 g/mol. The van der Waals surface area contributed by atoms with Gasteiger partial charge in [0.15, 0.2) is 0 Å². The fourth-order valence-electron chi connectivity index (χ4n) is 1.08. The number of aryl methyl sites for hydroxylation is 1. The fourth-order valence-corrected chi connectivity index (χ4v) is 1.08. The molecule has 0 amide bonds. The van der Waals surface area contributed by atoms with Crippen LogP contribution in [0.2, 0.25) is 0 Å². The molecule has 68 valence electrons. The van der Waals surface area contributed by atoms with Crippen LogP contribution in [0.4, 0.5) is 0 Å². The molecule has 0 unspecified atom stereocenters. The van der Waals surface area contributed by atoms with Crippen molar-refractivity contribution in [3.05, 3.63) is 41.5 Å². The third-order valence-electron chi connectivity index (χ3n) is 1.75.